The van der Waals surface area contributed by atoms with Crippen molar-refractivity contribution >= 4 is 43.9 Å². The van der Waals surface area contributed by atoms with Crippen LogP contribution in [0.2, 0.25) is 0 Å². The lowest BCUT2D eigenvalue weighted by molar-refractivity contribution is 0.669. The van der Waals surface area contributed by atoms with Gasteiger partial charge in [0.2, 0.25) is 0 Å². The third-order valence-corrected chi connectivity index (χ3v) is 10.1. The second kappa shape index (κ2) is 13.0. The minimum atomic E-state index is -0.365. The minimum absolute atomic E-state index is 0.000856. The minimum Gasteiger partial charge on any atom is -0.456 e. The Kier molecular flexibility index (Phi) is 6.10. The van der Waals surface area contributed by atoms with E-state index in [1.807, 2.05) is 140 Å². The van der Waals surface area contributed by atoms with Crippen LogP contribution in [0.5, 0.6) is 0 Å². The molecule has 0 aliphatic carbocycles. The van der Waals surface area contributed by atoms with Crippen LogP contribution >= 0.6 is 0 Å². The van der Waals surface area contributed by atoms with Crippen LogP contribution in [0.3, 0.4) is 0 Å². The summed E-state index contributed by atoms with van der Waals surface area (Å²) in [6.07, 6.45) is 0. The van der Waals surface area contributed by atoms with Crippen LogP contribution in [0.25, 0.3) is 111 Å². The first-order valence-electron chi connectivity index (χ1n) is 21.2. The Morgan fingerprint density at radius 2 is 0.946 bits per heavy atom. The fourth-order valence-corrected chi connectivity index (χ4v) is 7.31. The summed E-state index contributed by atoms with van der Waals surface area (Å²) < 4.78 is 67.9. The van der Waals surface area contributed by atoms with Crippen molar-refractivity contribution in [2.45, 2.75) is 0 Å². The summed E-state index contributed by atoms with van der Waals surface area (Å²) in [5.41, 5.74) is 7.33. The van der Waals surface area contributed by atoms with Gasteiger partial charge < -0.3 is 8.83 Å². The van der Waals surface area contributed by atoms with Gasteiger partial charge in [-0.1, -0.05) is 146 Å². The van der Waals surface area contributed by atoms with E-state index in [0.717, 1.165) is 33.0 Å². The molecule has 0 aliphatic rings. The number of benzene rings is 8. The smallest absolute Gasteiger partial charge is 0.164 e. The molecule has 0 saturated carbocycles. The van der Waals surface area contributed by atoms with Gasteiger partial charge in [-0.2, -0.15) is 0 Å². The third-order valence-electron chi connectivity index (χ3n) is 10.1. The first-order valence-corrected chi connectivity index (χ1v) is 18.2. The Labute approximate surface area is 330 Å². The first-order chi connectivity index (χ1) is 30.2. The van der Waals surface area contributed by atoms with Gasteiger partial charge in [-0.15, -0.1) is 0 Å². The van der Waals surface area contributed by atoms with Crippen molar-refractivity contribution in [2.75, 3.05) is 0 Å². The second-order valence-electron chi connectivity index (χ2n) is 13.5. The summed E-state index contributed by atoms with van der Waals surface area (Å²) in [4.78, 5) is 14.7. The number of aromatic nitrogens is 3. The highest BCUT2D eigenvalue weighted by molar-refractivity contribution is 6.14. The molecule has 5 heteroatoms. The highest BCUT2D eigenvalue weighted by Gasteiger charge is 2.18. The molecule has 5 nitrogen and oxygen atoms in total. The Morgan fingerprint density at radius 1 is 0.357 bits per heavy atom. The zero-order valence-corrected chi connectivity index (χ0v) is 29.6. The molecular weight excluding hydrogens is 687 g/mol. The number of furan rings is 2. The molecule has 0 amide bonds. The Hall–Kier alpha value is -7.63. The molecule has 0 unspecified atom stereocenters. The van der Waals surface area contributed by atoms with Crippen LogP contribution in [0.15, 0.2) is 197 Å². The van der Waals surface area contributed by atoms with Crippen molar-refractivity contribution in [3.05, 3.63) is 188 Å². The van der Waals surface area contributed by atoms with Gasteiger partial charge in [-0.3, -0.25) is 0 Å². The summed E-state index contributed by atoms with van der Waals surface area (Å²) in [5, 5.41) is 1.97. The largest absolute Gasteiger partial charge is 0.456 e. The Balaban J connectivity index is 1.14. The Morgan fingerprint density at radius 3 is 1.75 bits per heavy atom. The van der Waals surface area contributed by atoms with E-state index in [9.17, 15) is 4.11 Å². The van der Waals surface area contributed by atoms with E-state index in [2.05, 4.69) is 0 Å². The van der Waals surface area contributed by atoms with Gasteiger partial charge in [-0.25, -0.2) is 15.0 Å². The van der Waals surface area contributed by atoms with Gasteiger partial charge >= 0.3 is 0 Å². The van der Waals surface area contributed by atoms with Crippen molar-refractivity contribution in [1.82, 2.24) is 15.0 Å². The molecule has 0 bridgehead atoms. The molecule has 0 aliphatic heterocycles. The van der Waals surface area contributed by atoms with Gasteiger partial charge in [-0.05, 0) is 75.8 Å². The molecule has 3 heterocycles. The summed E-state index contributed by atoms with van der Waals surface area (Å²) in [7, 11) is 0. The maximum Gasteiger partial charge on any atom is 0.164 e. The van der Waals surface area contributed by atoms with Gasteiger partial charge in [0.1, 0.15) is 22.3 Å². The van der Waals surface area contributed by atoms with Crippen molar-refractivity contribution in [1.29, 1.82) is 0 Å². The highest BCUT2D eigenvalue weighted by atomic mass is 16.3. The number of hydrogen-bond acceptors (Lipinski definition) is 5. The number of rotatable bonds is 6. The summed E-state index contributed by atoms with van der Waals surface area (Å²) in [6.45, 7) is 0. The summed E-state index contributed by atoms with van der Waals surface area (Å²) in [6, 6.07) is 46.8. The molecule has 8 aromatic carbocycles. The molecule has 0 atom stereocenters. The van der Waals surface area contributed by atoms with Crippen molar-refractivity contribution in [3.63, 3.8) is 0 Å². The van der Waals surface area contributed by atoms with Gasteiger partial charge in [0.25, 0.3) is 0 Å². The Bertz CT molecular complexity index is 3590. The van der Waals surface area contributed by atoms with E-state index in [0.29, 0.717) is 39.5 Å². The monoisotopic (exact) mass is 723 g/mol. The molecule has 0 N–H and O–H groups in total. The fraction of sp³-hybridized carbons (Fsp3) is 0. The van der Waals surface area contributed by atoms with Crippen molar-refractivity contribution in [3.8, 4) is 67.5 Å². The number of hydrogen-bond donors (Lipinski definition) is 0. The third kappa shape index (κ3) is 5.53. The molecule has 11 aromatic rings. The molecule has 0 fully saturated rings. The number of para-hydroxylation sites is 1. The topological polar surface area (TPSA) is 65.0 Å². The average Bonchev–Trinajstić information content (AvgIpc) is 3.90. The molecule has 0 radical (unpaired) electrons. The fourth-order valence-electron chi connectivity index (χ4n) is 7.31. The lowest BCUT2D eigenvalue weighted by Gasteiger charge is -2.10. The lowest BCUT2D eigenvalue weighted by atomic mass is 9.97. The van der Waals surface area contributed by atoms with Crippen LogP contribution in [0.4, 0.5) is 0 Å². The van der Waals surface area contributed by atoms with Crippen LogP contribution < -0.4 is 0 Å². The van der Waals surface area contributed by atoms with Crippen LogP contribution in [-0.4, -0.2) is 15.0 Å². The quantitative estimate of drug-likeness (QED) is 0.171. The molecule has 262 valence electrons. The van der Waals surface area contributed by atoms with E-state index in [4.69, 9.17) is 27.9 Å². The molecule has 3 aromatic heterocycles. The number of fused-ring (bicyclic) bond motifs is 6. The molecule has 0 saturated heterocycles. The lowest BCUT2D eigenvalue weighted by Crippen LogP contribution is -2.00. The zero-order chi connectivity index (χ0) is 42.2. The van der Waals surface area contributed by atoms with Crippen LogP contribution in [0.1, 0.15) is 8.22 Å². The normalized spacial score (nSPS) is 13.1. The maximum atomic E-state index is 9.63. The molecule has 11 rings (SSSR count). The molecule has 56 heavy (non-hydrogen) atoms. The van der Waals surface area contributed by atoms with E-state index >= 15 is 0 Å². The maximum absolute atomic E-state index is 9.63. The predicted molar refractivity (Wildman–Crippen MR) is 227 cm³/mol. The van der Waals surface area contributed by atoms with Gasteiger partial charge in [0.15, 0.2) is 17.5 Å². The molecule has 0 spiro atoms. The van der Waals surface area contributed by atoms with E-state index in [1.165, 1.54) is 0 Å². The molecular formula is C51H31N3O2. The SMILES string of the molecule is [2H]c1c([2H])c(-c2ccc3oc4ccccc4c3c2)c2c(oc3c([2H])c(-c4nc(-c5ccc(-c6ccccc6)cc5)nc(-c5cccc(-c6ccccc6)c5)n4)c([2H])c([2H])c32)c1[2H]. The van der Waals surface area contributed by atoms with E-state index in [1.54, 1.807) is 12.1 Å². The number of nitrogens with zero attached hydrogens (tertiary/aromatic N) is 3. The van der Waals surface area contributed by atoms with Crippen molar-refractivity contribution in [2.24, 2.45) is 0 Å². The zero-order valence-electron chi connectivity index (χ0n) is 35.6. The van der Waals surface area contributed by atoms with Crippen LogP contribution in [0, 0.1) is 0 Å². The summed E-state index contributed by atoms with van der Waals surface area (Å²) in [5.74, 6) is 0.611. The summed E-state index contributed by atoms with van der Waals surface area (Å²) >= 11 is 0. The van der Waals surface area contributed by atoms with E-state index in [-0.39, 0.29) is 75.1 Å². The van der Waals surface area contributed by atoms with Gasteiger partial charge in [0, 0.05) is 38.2 Å². The highest BCUT2D eigenvalue weighted by Crippen LogP contribution is 2.40. The van der Waals surface area contributed by atoms with E-state index < -0.39 is 0 Å². The van der Waals surface area contributed by atoms with Gasteiger partial charge in [0.05, 0.1) is 8.22 Å². The second-order valence-corrected chi connectivity index (χ2v) is 13.5. The van der Waals surface area contributed by atoms with Crippen molar-refractivity contribution < 1.29 is 17.1 Å². The standard InChI is InChI=1S/C51H31N3O2/c1-3-11-32(12-4-1)34-21-23-35(24-22-34)49-52-50(38-16-9-15-36(29-38)33-13-5-2-6-14-33)54-51(53-49)39-25-27-42-47(31-39)56-46-20-10-18-40(48(42)46)37-26-28-45-43(30-37)41-17-7-8-19-44(41)55-45/h1-31H/i10D,18D,20D,25D,27D,31D. The van der Waals surface area contributed by atoms with Crippen LogP contribution in [-0.2, 0) is 0 Å². The average molecular weight is 724 g/mol. The first kappa shape index (κ1) is 26.2. The predicted octanol–water partition coefficient (Wildman–Crippen LogP) is 13.7.